The number of halogens is 2. The zero-order valence-corrected chi connectivity index (χ0v) is 19.0. The average Bonchev–Trinajstić information content (AvgIpc) is 2.88. The third kappa shape index (κ3) is 20.7. The van der Waals surface area contributed by atoms with Gasteiger partial charge in [0.2, 0.25) is 0 Å². The van der Waals surface area contributed by atoms with Gasteiger partial charge in [-0.05, 0) is 20.5 Å². The van der Waals surface area contributed by atoms with Crippen molar-refractivity contribution in [3.63, 3.8) is 0 Å². The van der Waals surface area contributed by atoms with Gasteiger partial charge in [0.1, 0.15) is 0 Å². The van der Waals surface area contributed by atoms with E-state index in [4.69, 9.17) is 0 Å². The standard InChI is InChI=1S/C15H25.C4H10N.2ClH.Ti/c1-3-5-7-9-14-11-12-15(13-14)10-8-6-4-2;1-4-5(2)3;;;/h13H,3-11H2,1-2H3;4H,1-3H3;2*1H;/q2*-1;;;+2. The molecule has 0 unspecified atom stereocenters. The van der Waals surface area contributed by atoms with Gasteiger partial charge in [-0.25, -0.2) is 11.6 Å². The fourth-order valence-corrected chi connectivity index (χ4v) is 2.06. The first kappa shape index (κ1) is 31.5. The molecule has 23 heavy (non-hydrogen) atoms. The van der Waals surface area contributed by atoms with Crippen LogP contribution in [0.5, 0.6) is 0 Å². The first-order chi connectivity index (χ1) is 9.63. The van der Waals surface area contributed by atoms with E-state index in [1.807, 2.05) is 32.5 Å². The molecular formula is C19H37Cl2NTi. The Balaban J connectivity index is -0.000000199. The van der Waals surface area contributed by atoms with Crippen LogP contribution in [-0.4, -0.2) is 19.0 Å². The second-order valence-electron chi connectivity index (χ2n) is 5.82. The number of hydrogen-bond acceptors (Lipinski definition) is 1. The summed E-state index contributed by atoms with van der Waals surface area (Å²) in [4.78, 5) is 2.00. The van der Waals surface area contributed by atoms with Crippen molar-refractivity contribution in [3.05, 3.63) is 29.8 Å². The molecule has 0 radical (unpaired) electrons. The SMILES string of the molecule is CCCCCC1=[C-]CC(CCCCC)=C1.C[CH-]N(C)C.Cl.Cl.[Ti+2]. The van der Waals surface area contributed by atoms with E-state index in [9.17, 15) is 0 Å². The minimum absolute atomic E-state index is 0. The van der Waals surface area contributed by atoms with Crippen LogP contribution in [-0.2, 0) is 21.7 Å². The van der Waals surface area contributed by atoms with Crippen molar-refractivity contribution in [1.82, 2.24) is 4.90 Å². The molecule has 0 atom stereocenters. The fourth-order valence-electron chi connectivity index (χ4n) is 2.06. The number of unbranched alkanes of at least 4 members (excludes halogenated alkanes) is 4. The Labute approximate surface area is 173 Å². The molecule has 136 valence electrons. The normalized spacial score (nSPS) is 12.1. The van der Waals surface area contributed by atoms with E-state index in [2.05, 4.69) is 26.0 Å². The van der Waals surface area contributed by atoms with Gasteiger partial charge in [-0.1, -0.05) is 58.8 Å². The van der Waals surface area contributed by atoms with Gasteiger partial charge in [-0.15, -0.1) is 31.2 Å². The molecule has 0 saturated carbocycles. The second-order valence-corrected chi connectivity index (χ2v) is 5.82. The molecule has 0 amide bonds. The zero-order chi connectivity index (χ0) is 15.2. The zero-order valence-electron chi connectivity index (χ0n) is 15.8. The van der Waals surface area contributed by atoms with E-state index in [0.29, 0.717) is 0 Å². The Morgan fingerprint density at radius 1 is 1.00 bits per heavy atom. The molecule has 0 bridgehead atoms. The number of allylic oxidation sites excluding steroid dienone is 4. The summed E-state index contributed by atoms with van der Waals surface area (Å²) < 4.78 is 0. The van der Waals surface area contributed by atoms with Gasteiger partial charge in [0, 0.05) is 0 Å². The van der Waals surface area contributed by atoms with E-state index in [-0.39, 0.29) is 46.5 Å². The second kappa shape index (κ2) is 22.7. The number of hydrogen-bond donors (Lipinski definition) is 0. The molecule has 4 heteroatoms. The summed E-state index contributed by atoms with van der Waals surface area (Å²) in [6.07, 6.45) is 17.7. The van der Waals surface area contributed by atoms with Crippen molar-refractivity contribution in [1.29, 1.82) is 0 Å². The van der Waals surface area contributed by atoms with E-state index < -0.39 is 0 Å². The van der Waals surface area contributed by atoms with Crippen LogP contribution in [0.3, 0.4) is 0 Å². The van der Waals surface area contributed by atoms with Gasteiger partial charge in [0.25, 0.3) is 0 Å². The maximum Gasteiger partial charge on any atom is 2.00 e. The van der Waals surface area contributed by atoms with Gasteiger partial charge in [0.05, 0.1) is 0 Å². The molecule has 1 rings (SSSR count). The summed E-state index contributed by atoms with van der Waals surface area (Å²) in [6.45, 7) is 8.53. The topological polar surface area (TPSA) is 3.24 Å². The van der Waals surface area contributed by atoms with Crippen LogP contribution >= 0.6 is 24.8 Å². The maximum absolute atomic E-state index is 3.52. The summed E-state index contributed by atoms with van der Waals surface area (Å²) in [5, 5.41) is 0. The summed E-state index contributed by atoms with van der Waals surface area (Å²) in [5.41, 5.74) is 3.10. The Hall–Kier alpha value is 0.734. The predicted molar refractivity (Wildman–Crippen MR) is 106 cm³/mol. The number of nitrogens with zero attached hydrogens (tertiary/aromatic N) is 1. The van der Waals surface area contributed by atoms with Crippen LogP contribution < -0.4 is 0 Å². The molecule has 1 aliphatic carbocycles. The van der Waals surface area contributed by atoms with Crippen molar-refractivity contribution in [2.45, 2.75) is 78.6 Å². The van der Waals surface area contributed by atoms with Gasteiger partial charge in [0.15, 0.2) is 0 Å². The largest absolute Gasteiger partial charge is 2.00 e. The van der Waals surface area contributed by atoms with Crippen LogP contribution in [0.2, 0.25) is 0 Å². The van der Waals surface area contributed by atoms with Crippen LogP contribution in [0.25, 0.3) is 0 Å². The van der Waals surface area contributed by atoms with E-state index in [1.54, 1.807) is 5.57 Å². The maximum atomic E-state index is 3.52. The number of rotatable bonds is 9. The smallest absolute Gasteiger partial charge is 0.462 e. The molecule has 0 heterocycles. The van der Waals surface area contributed by atoms with E-state index in [0.717, 1.165) is 6.42 Å². The minimum atomic E-state index is 0. The summed E-state index contributed by atoms with van der Waals surface area (Å²) in [6, 6.07) is 0. The van der Waals surface area contributed by atoms with Crippen molar-refractivity contribution < 1.29 is 21.7 Å². The Bertz CT molecular complexity index is 289. The minimum Gasteiger partial charge on any atom is -0.462 e. The Morgan fingerprint density at radius 3 is 1.91 bits per heavy atom. The first-order valence-electron chi connectivity index (χ1n) is 8.39. The Kier molecular flexibility index (Phi) is 31.1. The fraction of sp³-hybridized carbons (Fsp3) is 0.737. The molecule has 0 N–H and O–H groups in total. The van der Waals surface area contributed by atoms with Crippen molar-refractivity contribution in [2.24, 2.45) is 0 Å². The molecule has 0 aromatic heterocycles. The molecule has 0 saturated heterocycles. The van der Waals surface area contributed by atoms with Crippen molar-refractivity contribution in [3.8, 4) is 0 Å². The van der Waals surface area contributed by atoms with Crippen molar-refractivity contribution in [2.75, 3.05) is 14.1 Å². The van der Waals surface area contributed by atoms with Crippen LogP contribution in [0.1, 0.15) is 78.6 Å². The molecule has 0 fully saturated rings. The quantitative estimate of drug-likeness (QED) is 0.235. The molecule has 1 aliphatic rings. The third-order valence-corrected chi connectivity index (χ3v) is 3.59. The van der Waals surface area contributed by atoms with E-state index >= 15 is 0 Å². The molecule has 0 aromatic carbocycles. The summed E-state index contributed by atoms with van der Waals surface area (Å²) in [5.74, 6) is 0. The predicted octanol–water partition coefficient (Wildman–Crippen LogP) is 6.78. The van der Waals surface area contributed by atoms with E-state index in [1.165, 1.54) is 56.9 Å². The van der Waals surface area contributed by atoms with Crippen LogP contribution in [0.15, 0.2) is 17.2 Å². The summed E-state index contributed by atoms with van der Waals surface area (Å²) >= 11 is 0. The monoisotopic (exact) mass is 397 g/mol. The molecule has 0 spiro atoms. The average molecular weight is 398 g/mol. The van der Waals surface area contributed by atoms with Gasteiger partial charge < -0.3 is 4.90 Å². The van der Waals surface area contributed by atoms with Crippen LogP contribution in [0.4, 0.5) is 0 Å². The molecule has 0 aliphatic heterocycles. The Morgan fingerprint density at radius 2 is 1.48 bits per heavy atom. The van der Waals surface area contributed by atoms with Crippen molar-refractivity contribution >= 4 is 24.8 Å². The summed E-state index contributed by atoms with van der Waals surface area (Å²) in [7, 11) is 4.00. The van der Waals surface area contributed by atoms with Gasteiger partial charge in [-0.3, -0.25) is 12.6 Å². The van der Waals surface area contributed by atoms with Gasteiger partial charge >= 0.3 is 21.7 Å². The first-order valence-corrected chi connectivity index (χ1v) is 8.39. The molecule has 0 aromatic rings. The molecular weight excluding hydrogens is 361 g/mol. The van der Waals surface area contributed by atoms with Gasteiger partial charge in [-0.2, -0.15) is 12.5 Å². The third-order valence-electron chi connectivity index (χ3n) is 3.59. The molecule has 1 nitrogen and oxygen atoms in total. The van der Waals surface area contributed by atoms with Crippen LogP contribution in [0, 0.1) is 12.6 Å².